The molecule has 0 saturated carbocycles. The number of aryl methyl sites for hydroxylation is 1. The van der Waals surface area contributed by atoms with E-state index in [9.17, 15) is 22.4 Å². The van der Waals surface area contributed by atoms with E-state index in [-0.39, 0.29) is 18.6 Å². The van der Waals surface area contributed by atoms with Gasteiger partial charge < -0.3 is 9.64 Å². The first kappa shape index (κ1) is 27.1. The Morgan fingerprint density at radius 1 is 0.973 bits per heavy atom. The lowest BCUT2D eigenvalue weighted by Crippen LogP contribution is -2.49. The topological polar surface area (TPSA) is 32.8 Å². The van der Waals surface area contributed by atoms with E-state index in [0.717, 1.165) is 23.3 Å². The third kappa shape index (κ3) is 7.09. The van der Waals surface area contributed by atoms with Gasteiger partial charge in [-0.1, -0.05) is 41.9 Å². The van der Waals surface area contributed by atoms with Gasteiger partial charge in [-0.2, -0.15) is 13.2 Å². The van der Waals surface area contributed by atoms with Crippen molar-refractivity contribution in [1.82, 2.24) is 9.80 Å². The van der Waals surface area contributed by atoms with Gasteiger partial charge >= 0.3 is 6.18 Å². The highest BCUT2D eigenvalue weighted by Crippen LogP contribution is 2.30. The summed E-state index contributed by atoms with van der Waals surface area (Å²) in [6, 6.07) is 16.4. The molecule has 9 heteroatoms. The van der Waals surface area contributed by atoms with E-state index in [1.165, 1.54) is 24.3 Å². The number of nitrogens with zero attached hydrogens (tertiary/aromatic N) is 2. The minimum Gasteiger partial charge on any atom is -0.368 e. The second-order valence-corrected chi connectivity index (χ2v) is 9.53. The Labute approximate surface area is 218 Å². The minimum absolute atomic E-state index is 0.142. The van der Waals surface area contributed by atoms with E-state index in [1.807, 2.05) is 12.1 Å². The lowest BCUT2D eigenvalue weighted by molar-refractivity contribution is -0.137. The summed E-state index contributed by atoms with van der Waals surface area (Å²) in [6.45, 7) is 4.64. The molecule has 1 atom stereocenters. The number of carbonyl (C=O) groups excluding carboxylic acids is 1. The molecule has 1 saturated heterocycles. The average Bonchev–Trinajstić information content (AvgIpc) is 2.88. The van der Waals surface area contributed by atoms with Crippen LogP contribution in [0.2, 0.25) is 5.02 Å². The molecule has 0 unspecified atom stereocenters. The second kappa shape index (κ2) is 11.6. The standard InChI is InChI=1S/C28H27ClF4N2O2/c1-19-2-11-24(30)16-25(19)27(36)35-14-12-34(13-15-35)17-26(21-5-9-23(29)10-6-21)37-18-20-3-7-22(8-4-20)28(31,32)33/h2-11,16,26H,12-15,17-18H2,1H3/t26-/m0/s1. The zero-order chi connectivity index (χ0) is 26.6. The lowest BCUT2D eigenvalue weighted by atomic mass is 10.1. The molecular weight excluding hydrogens is 508 g/mol. The fourth-order valence-corrected chi connectivity index (χ4v) is 4.41. The first-order valence-electron chi connectivity index (χ1n) is 11.9. The maximum absolute atomic E-state index is 13.7. The Morgan fingerprint density at radius 3 is 2.24 bits per heavy atom. The SMILES string of the molecule is Cc1ccc(F)cc1C(=O)N1CCN(C[C@H](OCc2ccc(C(F)(F)F)cc2)c2ccc(Cl)cc2)CC1. The van der Waals surface area contributed by atoms with Gasteiger partial charge in [0, 0.05) is 43.3 Å². The van der Waals surface area contributed by atoms with Crippen LogP contribution in [0.1, 0.15) is 38.7 Å². The van der Waals surface area contributed by atoms with Crippen molar-refractivity contribution in [3.8, 4) is 0 Å². The molecule has 0 aromatic heterocycles. The third-order valence-electron chi connectivity index (χ3n) is 6.49. The van der Waals surface area contributed by atoms with E-state index in [0.29, 0.717) is 48.9 Å². The Morgan fingerprint density at radius 2 is 1.62 bits per heavy atom. The van der Waals surface area contributed by atoms with Gasteiger partial charge in [-0.05, 0) is 60.0 Å². The number of halogens is 5. The summed E-state index contributed by atoms with van der Waals surface area (Å²) in [5.74, 6) is -0.631. The number of amides is 1. The number of hydrogen-bond acceptors (Lipinski definition) is 3. The van der Waals surface area contributed by atoms with Crippen LogP contribution < -0.4 is 0 Å². The molecule has 0 spiro atoms. The highest BCUT2D eigenvalue weighted by molar-refractivity contribution is 6.30. The molecule has 37 heavy (non-hydrogen) atoms. The van der Waals surface area contributed by atoms with E-state index >= 15 is 0 Å². The Hall–Kier alpha value is -2.94. The van der Waals surface area contributed by atoms with Crippen LogP contribution >= 0.6 is 11.6 Å². The molecule has 4 rings (SSSR count). The van der Waals surface area contributed by atoms with Gasteiger partial charge in [0.15, 0.2) is 0 Å². The smallest absolute Gasteiger partial charge is 0.368 e. The van der Waals surface area contributed by atoms with E-state index < -0.39 is 17.6 Å². The third-order valence-corrected chi connectivity index (χ3v) is 6.74. The van der Waals surface area contributed by atoms with Crippen LogP contribution in [0.3, 0.4) is 0 Å². The van der Waals surface area contributed by atoms with Crippen LogP contribution in [-0.4, -0.2) is 48.4 Å². The lowest BCUT2D eigenvalue weighted by Gasteiger charge is -2.36. The first-order chi connectivity index (χ1) is 17.6. The zero-order valence-electron chi connectivity index (χ0n) is 20.3. The minimum atomic E-state index is -4.39. The van der Waals surface area contributed by atoms with E-state index in [2.05, 4.69) is 4.90 Å². The molecule has 4 nitrogen and oxygen atoms in total. The van der Waals surface area contributed by atoms with E-state index in [4.69, 9.17) is 16.3 Å². The van der Waals surface area contributed by atoms with Crippen molar-refractivity contribution in [2.75, 3.05) is 32.7 Å². The van der Waals surface area contributed by atoms with Crippen molar-refractivity contribution in [3.63, 3.8) is 0 Å². The van der Waals surface area contributed by atoms with Crippen LogP contribution in [0.25, 0.3) is 0 Å². The molecule has 3 aromatic carbocycles. The average molecular weight is 535 g/mol. The Bertz CT molecular complexity index is 1210. The largest absolute Gasteiger partial charge is 0.416 e. The number of alkyl halides is 3. The van der Waals surface area contributed by atoms with Crippen LogP contribution in [0, 0.1) is 12.7 Å². The number of piperazine rings is 1. The summed E-state index contributed by atoms with van der Waals surface area (Å²) in [5, 5.41) is 0.588. The summed E-state index contributed by atoms with van der Waals surface area (Å²) in [6.07, 6.45) is -4.74. The van der Waals surface area contributed by atoms with Gasteiger partial charge in [-0.15, -0.1) is 0 Å². The maximum atomic E-state index is 13.7. The number of rotatable bonds is 7. The summed E-state index contributed by atoms with van der Waals surface area (Å²) in [7, 11) is 0. The molecule has 0 bridgehead atoms. The summed E-state index contributed by atoms with van der Waals surface area (Å²) < 4.78 is 58.5. The number of benzene rings is 3. The highest BCUT2D eigenvalue weighted by atomic mass is 35.5. The maximum Gasteiger partial charge on any atom is 0.416 e. The van der Waals surface area contributed by atoms with Crippen molar-refractivity contribution in [1.29, 1.82) is 0 Å². The Kier molecular flexibility index (Phi) is 8.52. The molecule has 0 N–H and O–H groups in total. The van der Waals surface area contributed by atoms with Gasteiger partial charge in [-0.25, -0.2) is 4.39 Å². The van der Waals surface area contributed by atoms with Gasteiger partial charge in [0.1, 0.15) is 5.82 Å². The molecule has 1 amide bonds. The van der Waals surface area contributed by atoms with Gasteiger partial charge in [0.05, 0.1) is 18.3 Å². The highest BCUT2D eigenvalue weighted by Gasteiger charge is 2.30. The fourth-order valence-electron chi connectivity index (χ4n) is 4.28. The molecule has 1 heterocycles. The van der Waals surface area contributed by atoms with Crippen molar-refractivity contribution in [2.24, 2.45) is 0 Å². The second-order valence-electron chi connectivity index (χ2n) is 9.10. The fraction of sp³-hybridized carbons (Fsp3) is 0.321. The summed E-state index contributed by atoms with van der Waals surface area (Å²) in [4.78, 5) is 16.8. The number of carbonyl (C=O) groups is 1. The molecule has 0 radical (unpaired) electrons. The van der Waals surface area contributed by atoms with Crippen molar-refractivity contribution in [2.45, 2.75) is 25.8 Å². The monoisotopic (exact) mass is 534 g/mol. The van der Waals surface area contributed by atoms with Crippen molar-refractivity contribution < 1.29 is 27.1 Å². The molecule has 196 valence electrons. The van der Waals surface area contributed by atoms with Crippen LogP contribution in [0.5, 0.6) is 0 Å². The zero-order valence-corrected chi connectivity index (χ0v) is 21.0. The van der Waals surface area contributed by atoms with E-state index in [1.54, 1.807) is 30.0 Å². The predicted molar refractivity (Wildman–Crippen MR) is 134 cm³/mol. The number of ether oxygens (including phenoxy) is 1. The van der Waals surface area contributed by atoms with Crippen LogP contribution in [0.4, 0.5) is 17.6 Å². The molecule has 3 aromatic rings. The number of hydrogen-bond donors (Lipinski definition) is 0. The van der Waals surface area contributed by atoms with Gasteiger partial charge in [-0.3, -0.25) is 9.69 Å². The van der Waals surface area contributed by atoms with Crippen molar-refractivity contribution >= 4 is 17.5 Å². The normalized spacial score (nSPS) is 15.6. The van der Waals surface area contributed by atoms with Crippen LogP contribution in [-0.2, 0) is 17.5 Å². The molecular formula is C28H27ClF4N2O2. The first-order valence-corrected chi connectivity index (χ1v) is 12.3. The van der Waals surface area contributed by atoms with Gasteiger partial charge in [0.25, 0.3) is 5.91 Å². The molecule has 0 aliphatic carbocycles. The molecule has 1 fully saturated rings. The Balaban J connectivity index is 1.40. The quantitative estimate of drug-likeness (QED) is 0.323. The summed E-state index contributed by atoms with van der Waals surface area (Å²) in [5.41, 5.74) is 1.92. The van der Waals surface area contributed by atoms with Crippen molar-refractivity contribution in [3.05, 3.63) is 105 Å². The van der Waals surface area contributed by atoms with Gasteiger partial charge in [0.2, 0.25) is 0 Å². The van der Waals surface area contributed by atoms with Crippen LogP contribution in [0.15, 0.2) is 66.7 Å². The summed E-state index contributed by atoms with van der Waals surface area (Å²) >= 11 is 6.05. The molecule has 1 aliphatic heterocycles. The molecule has 1 aliphatic rings. The predicted octanol–water partition coefficient (Wildman–Crippen LogP) is 6.52.